The summed E-state index contributed by atoms with van der Waals surface area (Å²) in [6.07, 6.45) is 2.09. The summed E-state index contributed by atoms with van der Waals surface area (Å²) in [4.78, 5) is 2.55. The van der Waals surface area contributed by atoms with E-state index < -0.39 is 0 Å². The van der Waals surface area contributed by atoms with Gasteiger partial charge in [-0.2, -0.15) is 0 Å². The lowest BCUT2D eigenvalue weighted by atomic mass is 9.94. The molecular weight excluding hydrogens is 234 g/mol. The van der Waals surface area contributed by atoms with Crippen LogP contribution in [0.25, 0.3) is 0 Å². The first-order valence-electron chi connectivity index (χ1n) is 7.31. The predicted octanol–water partition coefficient (Wildman–Crippen LogP) is 3.60. The summed E-state index contributed by atoms with van der Waals surface area (Å²) in [6, 6.07) is 4.55. The Morgan fingerprint density at radius 3 is 2.32 bits per heavy atom. The van der Waals surface area contributed by atoms with Crippen molar-refractivity contribution < 1.29 is 5.11 Å². The van der Waals surface area contributed by atoms with Gasteiger partial charge in [-0.25, -0.2) is 0 Å². The zero-order valence-electron chi connectivity index (χ0n) is 13.0. The van der Waals surface area contributed by atoms with Crippen molar-refractivity contribution in [2.75, 3.05) is 18.1 Å². The summed E-state index contributed by atoms with van der Waals surface area (Å²) in [5, 5.41) is 9.18. The Balaban J connectivity index is 2.36. The molecule has 1 atom stereocenters. The molecule has 1 aliphatic rings. The second kappa shape index (κ2) is 5.16. The van der Waals surface area contributed by atoms with Gasteiger partial charge in [0.05, 0.1) is 0 Å². The van der Waals surface area contributed by atoms with Crippen molar-refractivity contribution in [1.82, 2.24) is 0 Å². The van der Waals surface area contributed by atoms with E-state index in [1.807, 2.05) is 0 Å². The maximum atomic E-state index is 9.18. The van der Waals surface area contributed by atoms with Gasteiger partial charge in [-0.15, -0.1) is 0 Å². The van der Waals surface area contributed by atoms with Crippen molar-refractivity contribution in [3.05, 3.63) is 28.8 Å². The standard InChI is InChI=1S/C17H27NO/c1-12-8-13(2)16(14(3)9-12)18-11-15(6-7-19)10-17(18,4)5/h8-9,15,19H,6-7,10-11H2,1-5H3. The van der Waals surface area contributed by atoms with Crippen LogP contribution in [0.4, 0.5) is 5.69 Å². The molecular formula is C17H27NO. The van der Waals surface area contributed by atoms with Crippen LogP contribution >= 0.6 is 0 Å². The molecule has 0 bridgehead atoms. The summed E-state index contributed by atoms with van der Waals surface area (Å²) in [7, 11) is 0. The molecule has 0 amide bonds. The van der Waals surface area contributed by atoms with Crippen molar-refractivity contribution in [1.29, 1.82) is 0 Å². The average Bonchev–Trinajstić information content (AvgIpc) is 2.53. The van der Waals surface area contributed by atoms with Gasteiger partial charge in [0.2, 0.25) is 0 Å². The molecule has 0 radical (unpaired) electrons. The van der Waals surface area contributed by atoms with Gasteiger partial charge < -0.3 is 10.0 Å². The Bertz CT molecular complexity index is 441. The van der Waals surface area contributed by atoms with Crippen LogP contribution in [0.15, 0.2) is 12.1 Å². The monoisotopic (exact) mass is 261 g/mol. The van der Waals surface area contributed by atoms with Gasteiger partial charge in [0.25, 0.3) is 0 Å². The van der Waals surface area contributed by atoms with Crippen molar-refractivity contribution in [3.8, 4) is 0 Å². The lowest BCUT2D eigenvalue weighted by Crippen LogP contribution is -2.39. The molecule has 1 saturated heterocycles. The molecule has 2 heteroatoms. The highest BCUT2D eigenvalue weighted by molar-refractivity contribution is 5.62. The summed E-state index contributed by atoms with van der Waals surface area (Å²) in [5.74, 6) is 0.611. The molecule has 2 nitrogen and oxygen atoms in total. The van der Waals surface area contributed by atoms with Crippen molar-refractivity contribution >= 4 is 5.69 Å². The quantitative estimate of drug-likeness (QED) is 0.898. The minimum atomic E-state index is 0.185. The van der Waals surface area contributed by atoms with Gasteiger partial charge in [-0.3, -0.25) is 0 Å². The molecule has 1 fully saturated rings. The third-order valence-electron chi connectivity index (χ3n) is 4.40. The zero-order valence-corrected chi connectivity index (χ0v) is 13.0. The van der Waals surface area contributed by atoms with Crippen LogP contribution in [0, 0.1) is 26.7 Å². The molecule has 1 unspecified atom stereocenters. The number of aliphatic hydroxyl groups is 1. The van der Waals surface area contributed by atoms with E-state index in [1.54, 1.807) is 0 Å². The van der Waals surface area contributed by atoms with E-state index in [0.29, 0.717) is 12.5 Å². The van der Waals surface area contributed by atoms with Gasteiger partial charge in [0.15, 0.2) is 0 Å². The van der Waals surface area contributed by atoms with Crippen LogP contribution in [0.5, 0.6) is 0 Å². The number of benzene rings is 1. The fourth-order valence-corrected chi connectivity index (χ4v) is 3.75. The average molecular weight is 261 g/mol. The molecule has 0 aliphatic carbocycles. The first-order chi connectivity index (χ1) is 8.85. The molecule has 0 aromatic heterocycles. The summed E-state index contributed by atoms with van der Waals surface area (Å²) in [6.45, 7) is 12.6. The second-order valence-electron chi connectivity index (χ2n) is 6.75. The Hall–Kier alpha value is -1.02. The van der Waals surface area contributed by atoms with Crippen LogP contribution in [0.2, 0.25) is 0 Å². The van der Waals surface area contributed by atoms with Crippen molar-refractivity contribution in [3.63, 3.8) is 0 Å². The number of anilines is 1. The second-order valence-corrected chi connectivity index (χ2v) is 6.75. The Morgan fingerprint density at radius 1 is 1.21 bits per heavy atom. The number of hydrogen-bond acceptors (Lipinski definition) is 2. The van der Waals surface area contributed by atoms with E-state index in [9.17, 15) is 5.11 Å². The molecule has 19 heavy (non-hydrogen) atoms. The molecule has 0 saturated carbocycles. The van der Waals surface area contributed by atoms with Gasteiger partial charge in [0.1, 0.15) is 0 Å². The topological polar surface area (TPSA) is 23.5 Å². The minimum absolute atomic E-state index is 0.185. The normalized spacial score (nSPS) is 22.0. The fourth-order valence-electron chi connectivity index (χ4n) is 3.75. The molecule has 1 aromatic carbocycles. The van der Waals surface area contributed by atoms with E-state index in [4.69, 9.17) is 0 Å². The number of aryl methyl sites for hydroxylation is 3. The molecule has 1 N–H and O–H groups in total. The van der Waals surface area contributed by atoms with E-state index in [2.05, 4.69) is 51.7 Å². The van der Waals surface area contributed by atoms with Crippen LogP contribution in [-0.4, -0.2) is 23.8 Å². The maximum Gasteiger partial charge on any atom is 0.0434 e. The molecule has 0 spiro atoms. The molecule has 1 aliphatic heterocycles. The maximum absolute atomic E-state index is 9.18. The molecule has 2 rings (SSSR count). The number of nitrogens with zero attached hydrogens (tertiary/aromatic N) is 1. The summed E-state index contributed by atoms with van der Waals surface area (Å²) >= 11 is 0. The largest absolute Gasteiger partial charge is 0.396 e. The summed E-state index contributed by atoms with van der Waals surface area (Å²) < 4.78 is 0. The van der Waals surface area contributed by atoms with Crippen molar-refractivity contribution in [2.45, 2.75) is 53.0 Å². The number of hydrogen-bond donors (Lipinski definition) is 1. The smallest absolute Gasteiger partial charge is 0.0434 e. The third-order valence-corrected chi connectivity index (χ3v) is 4.40. The highest BCUT2D eigenvalue weighted by atomic mass is 16.3. The van der Waals surface area contributed by atoms with E-state index in [1.165, 1.54) is 28.8 Å². The zero-order chi connectivity index (χ0) is 14.2. The summed E-state index contributed by atoms with van der Waals surface area (Å²) in [5.41, 5.74) is 5.66. The van der Waals surface area contributed by atoms with Crippen LogP contribution in [-0.2, 0) is 0 Å². The number of rotatable bonds is 3. The first kappa shape index (κ1) is 14.4. The van der Waals surface area contributed by atoms with E-state index in [-0.39, 0.29) is 5.54 Å². The van der Waals surface area contributed by atoms with E-state index in [0.717, 1.165) is 13.0 Å². The highest BCUT2D eigenvalue weighted by Gasteiger charge is 2.39. The molecule has 1 aromatic rings. The highest BCUT2D eigenvalue weighted by Crippen LogP contribution is 2.41. The lowest BCUT2D eigenvalue weighted by Gasteiger charge is -2.36. The Morgan fingerprint density at radius 2 is 1.79 bits per heavy atom. The Kier molecular flexibility index (Phi) is 3.91. The molecule has 1 heterocycles. The predicted molar refractivity (Wildman–Crippen MR) is 81.9 cm³/mol. The van der Waals surface area contributed by atoms with Crippen molar-refractivity contribution in [2.24, 2.45) is 5.92 Å². The number of aliphatic hydroxyl groups excluding tert-OH is 1. The van der Waals surface area contributed by atoms with E-state index >= 15 is 0 Å². The van der Waals surface area contributed by atoms with Crippen LogP contribution in [0.1, 0.15) is 43.4 Å². The third kappa shape index (κ3) is 2.79. The molecule has 106 valence electrons. The lowest BCUT2D eigenvalue weighted by molar-refractivity contribution is 0.259. The van der Waals surface area contributed by atoms with Gasteiger partial charge in [-0.1, -0.05) is 17.7 Å². The Labute approximate surface area is 117 Å². The van der Waals surface area contributed by atoms with Gasteiger partial charge in [-0.05, 0) is 64.5 Å². The van der Waals surface area contributed by atoms with Gasteiger partial charge >= 0.3 is 0 Å². The SMILES string of the molecule is Cc1cc(C)c(N2CC(CCO)CC2(C)C)c(C)c1. The minimum Gasteiger partial charge on any atom is -0.396 e. The van der Waals surface area contributed by atoms with Crippen LogP contribution < -0.4 is 4.90 Å². The fraction of sp³-hybridized carbons (Fsp3) is 0.647. The van der Waals surface area contributed by atoms with Gasteiger partial charge in [0, 0.05) is 24.4 Å². The first-order valence-corrected chi connectivity index (χ1v) is 7.31. The van der Waals surface area contributed by atoms with Crippen LogP contribution in [0.3, 0.4) is 0 Å².